The van der Waals surface area contributed by atoms with Crippen molar-refractivity contribution in [3.8, 4) is 0 Å². The molecule has 1 N–H and O–H groups in total. The topological polar surface area (TPSA) is 55.1 Å². The Morgan fingerprint density at radius 3 is 2.80 bits per heavy atom. The first kappa shape index (κ1) is 17.3. The molecule has 5 heteroatoms. The quantitative estimate of drug-likeness (QED) is 0.714. The number of hydrogen-bond acceptors (Lipinski definition) is 4. The van der Waals surface area contributed by atoms with Crippen molar-refractivity contribution in [1.29, 1.82) is 0 Å². The third-order valence-corrected chi connectivity index (χ3v) is 4.95. The number of rotatable bonds is 6. The molecule has 25 heavy (non-hydrogen) atoms. The Bertz CT molecular complexity index is 860. The van der Waals surface area contributed by atoms with E-state index in [4.69, 9.17) is 4.42 Å². The molecule has 0 saturated carbocycles. The Morgan fingerprint density at radius 2 is 2.04 bits per heavy atom. The smallest absolute Gasteiger partial charge is 0.254 e. The molecule has 0 aliphatic heterocycles. The summed E-state index contributed by atoms with van der Waals surface area (Å²) in [7, 11) is 0. The lowest BCUT2D eigenvalue weighted by Gasteiger charge is -2.09. The summed E-state index contributed by atoms with van der Waals surface area (Å²) in [5, 5.41) is 3.64. The van der Waals surface area contributed by atoms with E-state index < -0.39 is 0 Å². The summed E-state index contributed by atoms with van der Waals surface area (Å²) in [6.07, 6.45) is 4.01. The normalized spacial score (nSPS) is 10.6. The Labute approximate surface area is 151 Å². The van der Waals surface area contributed by atoms with Gasteiger partial charge in [-0.1, -0.05) is 17.8 Å². The van der Waals surface area contributed by atoms with Crippen LogP contribution in [0.3, 0.4) is 0 Å². The zero-order chi connectivity index (χ0) is 17.6. The zero-order valence-electron chi connectivity index (χ0n) is 14.3. The van der Waals surface area contributed by atoms with Crippen LogP contribution in [0.4, 0.5) is 0 Å². The maximum absolute atomic E-state index is 12.5. The van der Waals surface area contributed by atoms with Crippen LogP contribution < -0.4 is 5.32 Å². The summed E-state index contributed by atoms with van der Waals surface area (Å²) in [4.78, 5) is 18.0. The molecule has 3 aromatic rings. The molecule has 1 aromatic carbocycles. The maximum Gasteiger partial charge on any atom is 0.254 e. The standard InChI is InChI=1S/C20H20N2O2S/c1-14-7-8-17(13-15(14)2)25-20-18(6-3-10-22-20)19(23)21-11-9-16-5-4-12-24-16/h3-8,10,12-13H,9,11H2,1-2H3,(H,21,23). The Kier molecular flexibility index (Phi) is 5.56. The van der Waals surface area contributed by atoms with Crippen molar-refractivity contribution < 1.29 is 9.21 Å². The van der Waals surface area contributed by atoms with Crippen molar-refractivity contribution in [2.24, 2.45) is 0 Å². The molecule has 2 aromatic heterocycles. The van der Waals surface area contributed by atoms with Crippen molar-refractivity contribution in [3.05, 3.63) is 77.4 Å². The van der Waals surface area contributed by atoms with Crippen LogP contribution in [0.1, 0.15) is 27.2 Å². The number of amides is 1. The summed E-state index contributed by atoms with van der Waals surface area (Å²) in [5.74, 6) is 0.738. The predicted octanol–water partition coefficient (Wildman–Crippen LogP) is 4.42. The molecule has 0 atom stereocenters. The van der Waals surface area contributed by atoms with Crippen LogP contribution in [0.25, 0.3) is 0 Å². The van der Waals surface area contributed by atoms with Gasteiger partial charge < -0.3 is 9.73 Å². The second-order valence-corrected chi connectivity index (χ2v) is 6.85. The van der Waals surface area contributed by atoms with E-state index in [9.17, 15) is 4.79 Å². The molecule has 128 valence electrons. The van der Waals surface area contributed by atoms with Gasteiger partial charge in [0.1, 0.15) is 10.8 Å². The Morgan fingerprint density at radius 1 is 1.16 bits per heavy atom. The van der Waals surface area contributed by atoms with E-state index in [2.05, 4.69) is 42.3 Å². The fraction of sp³-hybridized carbons (Fsp3) is 0.200. The SMILES string of the molecule is Cc1ccc(Sc2ncccc2C(=O)NCCc2ccco2)cc1C. The van der Waals surface area contributed by atoms with Gasteiger partial charge in [0.2, 0.25) is 0 Å². The highest BCUT2D eigenvalue weighted by molar-refractivity contribution is 7.99. The predicted molar refractivity (Wildman–Crippen MR) is 99.0 cm³/mol. The first-order valence-corrected chi connectivity index (χ1v) is 8.96. The van der Waals surface area contributed by atoms with E-state index >= 15 is 0 Å². The van der Waals surface area contributed by atoms with Crippen LogP contribution in [-0.4, -0.2) is 17.4 Å². The van der Waals surface area contributed by atoms with Crippen molar-refractivity contribution in [2.75, 3.05) is 6.54 Å². The van der Waals surface area contributed by atoms with E-state index in [1.54, 1.807) is 24.6 Å². The molecule has 0 aliphatic rings. The van der Waals surface area contributed by atoms with Gasteiger partial charge in [-0.15, -0.1) is 0 Å². The summed E-state index contributed by atoms with van der Waals surface area (Å²) < 4.78 is 5.28. The number of carbonyl (C=O) groups excluding carboxylic acids is 1. The lowest BCUT2D eigenvalue weighted by Crippen LogP contribution is -2.26. The highest BCUT2D eigenvalue weighted by Gasteiger charge is 2.13. The summed E-state index contributed by atoms with van der Waals surface area (Å²) in [6, 6.07) is 13.6. The molecule has 0 fully saturated rings. The molecule has 0 saturated heterocycles. The van der Waals surface area contributed by atoms with Gasteiger partial charge in [-0.2, -0.15) is 0 Å². The van der Waals surface area contributed by atoms with Crippen molar-refractivity contribution in [2.45, 2.75) is 30.2 Å². The maximum atomic E-state index is 12.5. The van der Waals surface area contributed by atoms with Crippen molar-refractivity contribution in [3.63, 3.8) is 0 Å². The van der Waals surface area contributed by atoms with E-state index in [1.807, 2.05) is 12.1 Å². The molecule has 1 amide bonds. The van der Waals surface area contributed by atoms with Crippen LogP contribution in [0, 0.1) is 13.8 Å². The van der Waals surface area contributed by atoms with E-state index in [-0.39, 0.29) is 5.91 Å². The van der Waals surface area contributed by atoms with Gasteiger partial charge in [-0.25, -0.2) is 4.98 Å². The average Bonchev–Trinajstić information content (AvgIpc) is 3.12. The van der Waals surface area contributed by atoms with E-state index in [0.717, 1.165) is 10.7 Å². The zero-order valence-corrected chi connectivity index (χ0v) is 15.1. The van der Waals surface area contributed by atoms with Crippen molar-refractivity contribution >= 4 is 17.7 Å². The number of aryl methyl sites for hydroxylation is 2. The van der Waals surface area contributed by atoms with Crippen LogP contribution in [0.15, 0.2) is 69.3 Å². The molecule has 4 nitrogen and oxygen atoms in total. The molecule has 0 radical (unpaired) electrons. The minimum Gasteiger partial charge on any atom is -0.469 e. The molecule has 3 rings (SSSR count). The van der Waals surface area contributed by atoms with Gasteiger partial charge in [0.25, 0.3) is 5.91 Å². The lowest BCUT2D eigenvalue weighted by molar-refractivity contribution is 0.0950. The molecule has 0 aliphatic carbocycles. The number of aromatic nitrogens is 1. The van der Waals surface area contributed by atoms with E-state index in [0.29, 0.717) is 23.6 Å². The first-order chi connectivity index (χ1) is 12.1. The Balaban J connectivity index is 1.69. The number of pyridine rings is 1. The number of furan rings is 1. The number of hydrogen-bond donors (Lipinski definition) is 1. The first-order valence-electron chi connectivity index (χ1n) is 8.14. The minimum atomic E-state index is -0.119. The van der Waals surface area contributed by atoms with E-state index in [1.165, 1.54) is 22.9 Å². The number of carbonyl (C=O) groups is 1. The lowest BCUT2D eigenvalue weighted by atomic mass is 10.1. The second kappa shape index (κ2) is 8.03. The van der Waals surface area contributed by atoms with Gasteiger partial charge in [0.15, 0.2) is 0 Å². The third kappa shape index (κ3) is 4.51. The van der Waals surface area contributed by atoms with Gasteiger partial charge in [0, 0.05) is 24.1 Å². The molecular weight excluding hydrogens is 332 g/mol. The minimum absolute atomic E-state index is 0.119. The highest BCUT2D eigenvalue weighted by atomic mass is 32.2. The largest absolute Gasteiger partial charge is 0.469 e. The van der Waals surface area contributed by atoms with Gasteiger partial charge >= 0.3 is 0 Å². The van der Waals surface area contributed by atoms with Gasteiger partial charge in [-0.05, 0) is 61.4 Å². The summed E-state index contributed by atoms with van der Waals surface area (Å²) >= 11 is 1.51. The van der Waals surface area contributed by atoms with Gasteiger partial charge in [-0.3, -0.25) is 4.79 Å². The molecular formula is C20H20N2O2S. The third-order valence-electron chi connectivity index (χ3n) is 3.95. The summed E-state index contributed by atoms with van der Waals surface area (Å²) in [6.45, 7) is 4.69. The van der Waals surface area contributed by atoms with Crippen molar-refractivity contribution in [1.82, 2.24) is 10.3 Å². The number of nitrogens with one attached hydrogen (secondary N) is 1. The Hall–Kier alpha value is -2.53. The fourth-order valence-corrected chi connectivity index (χ4v) is 3.36. The fourth-order valence-electron chi connectivity index (χ4n) is 2.38. The van der Waals surface area contributed by atoms with Crippen LogP contribution in [0.2, 0.25) is 0 Å². The molecule has 2 heterocycles. The highest BCUT2D eigenvalue weighted by Crippen LogP contribution is 2.29. The summed E-state index contributed by atoms with van der Waals surface area (Å²) in [5.41, 5.74) is 3.07. The van der Waals surface area contributed by atoms with Crippen LogP contribution >= 0.6 is 11.8 Å². The second-order valence-electron chi connectivity index (χ2n) is 5.79. The molecule has 0 unspecified atom stereocenters. The molecule has 0 bridgehead atoms. The van der Waals surface area contributed by atoms with Gasteiger partial charge in [0.05, 0.1) is 11.8 Å². The molecule has 0 spiro atoms. The monoisotopic (exact) mass is 352 g/mol. The van der Waals surface area contributed by atoms with Crippen LogP contribution in [0.5, 0.6) is 0 Å². The number of nitrogens with zero attached hydrogens (tertiary/aromatic N) is 1. The average molecular weight is 352 g/mol. The van der Waals surface area contributed by atoms with Crippen LogP contribution in [-0.2, 0) is 6.42 Å². The number of benzene rings is 1.